The third-order valence-electron chi connectivity index (χ3n) is 4.21. The summed E-state index contributed by atoms with van der Waals surface area (Å²) in [5.41, 5.74) is 1.98. The van der Waals surface area contributed by atoms with Crippen LogP contribution in [0, 0.1) is 5.82 Å². The lowest BCUT2D eigenvalue weighted by Crippen LogP contribution is -2.08. The SMILES string of the molecule is Fc1ccc2c(c1)[C@H]1OC(CI)C[C@@H]1c1ccccc1O2. The smallest absolute Gasteiger partial charge is 0.133 e. The van der Waals surface area contributed by atoms with Gasteiger partial charge in [-0.05, 0) is 30.7 Å². The van der Waals surface area contributed by atoms with E-state index in [1.54, 1.807) is 12.1 Å². The van der Waals surface area contributed by atoms with E-state index in [9.17, 15) is 4.39 Å². The molecule has 2 heterocycles. The number of halogens is 2. The van der Waals surface area contributed by atoms with Crippen LogP contribution in [0.3, 0.4) is 0 Å². The Morgan fingerprint density at radius 3 is 2.76 bits per heavy atom. The highest BCUT2D eigenvalue weighted by Crippen LogP contribution is 2.53. The van der Waals surface area contributed by atoms with Crippen LogP contribution in [-0.2, 0) is 4.74 Å². The van der Waals surface area contributed by atoms with Gasteiger partial charge >= 0.3 is 0 Å². The first-order valence-corrected chi connectivity index (χ1v) is 8.56. The lowest BCUT2D eigenvalue weighted by Gasteiger charge is -2.17. The molecule has 4 rings (SSSR count). The molecule has 0 saturated carbocycles. The van der Waals surface area contributed by atoms with Gasteiger partial charge in [0.2, 0.25) is 0 Å². The van der Waals surface area contributed by atoms with Gasteiger partial charge in [0.05, 0.1) is 12.2 Å². The molecule has 2 aliphatic heterocycles. The van der Waals surface area contributed by atoms with Crippen molar-refractivity contribution >= 4 is 22.6 Å². The molecule has 4 heteroatoms. The van der Waals surface area contributed by atoms with Gasteiger partial charge in [0.15, 0.2) is 0 Å². The van der Waals surface area contributed by atoms with Gasteiger partial charge in [0.1, 0.15) is 17.3 Å². The molecule has 0 radical (unpaired) electrons. The Labute approximate surface area is 136 Å². The Morgan fingerprint density at radius 2 is 1.90 bits per heavy atom. The van der Waals surface area contributed by atoms with Gasteiger partial charge in [-0.3, -0.25) is 0 Å². The molecule has 2 nitrogen and oxygen atoms in total. The van der Waals surface area contributed by atoms with E-state index in [-0.39, 0.29) is 23.9 Å². The number of benzene rings is 2. The quantitative estimate of drug-likeness (QED) is 0.500. The van der Waals surface area contributed by atoms with E-state index in [1.807, 2.05) is 18.2 Å². The minimum Gasteiger partial charge on any atom is -0.457 e. The molecule has 0 bridgehead atoms. The molecule has 108 valence electrons. The van der Waals surface area contributed by atoms with Crippen LogP contribution < -0.4 is 4.74 Å². The van der Waals surface area contributed by atoms with Crippen LogP contribution in [0.4, 0.5) is 4.39 Å². The molecule has 21 heavy (non-hydrogen) atoms. The molecule has 2 aromatic carbocycles. The maximum absolute atomic E-state index is 13.7. The molecule has 0 aromatic heterocycles. The van der Waals surface area contributed by atoms with Crippen LogP contribution >= 0.6 is 22.6 Å². The fourth-order valence-corrected chi connectivity index (χ4v) is 3.84. The van der Waals surface area contributed by atoms with Crippen LogP contribution in [0.5, 0.6) is 11.5 Å². The van der Waals surface area contributed by atoms with Crippen LogP contribution in [0.1, 0.15) is 29.6 Å². The van der Waals surface area contributed by atoms with Crippen molar-refractivity contribution in [3.05, 3.63) is 59.4 Å². The highest BCUT2D eigenvalue weighted by Gasteiger charge is 2.41. The van der Waals surface area contributed by atoms with Gasteiger partial charge in [0, 0.05) is 21.5 Å². The molecule has 3 atom stereocenters. The fraction of sp³-hybridized carbons (Fsp3) is 0.294. The Bertz CT molecular complexity index is 688. The number of fused-ring (bicyclic) bond motifs is 5. The average Bonchev–Trinajstić information content (AvgIpc) is 2.89. The van der Waals surface area contributed by atoms with Crippen molar-refractivity contribution in [2.45, 2.75) is 24.5 Å². The van der Waals surface area contributed by atoms with Crippen molar-refractivity contribution in [3.63, 3.8) is 0 Å². The molecule has 2 aliphatic rings. The topological polar surface area (TPSA) is 18.5 Å². The van der Waals surface area contributed by atoms with Crippen molar-refractivity contribution in [1.82, 2.24) is 0 Å². The maximum Gasteiger partial charge on any atom is 0.133 e. The summed E-state index contributed by atoms with van der Waals surface area (Å²) in [4.78, 5) is 0. The molecular weight excluding hydrogens is 382 g/mol. The number of ether oxygens (including phenoxy) is 2. The molecular formula is C17H14FIO2. The van der Waals surface area contributed by atoms with Gasteiger partial charge in [0.25, 0.3) is 0 Å². The van der Waals surface area contributed by atoms with E-state index >= 15 is 0 Å². The van der Waals surface area contributed by atoms with Crippen LogP contribution in [0.25, 0.3) is 0 Å². The van der Waals surface area contributed by atoms with E-state index in [4.69, 9.17) is 9.47 Å². The second kappa shape index (κ2) is 5.25. The predicted octanol–water partition coefficient (Wildman–Crippen LogP) is 4.98. The molecule has 0 amide bonds. The van der Waals surface area contributed by atoms with E-state index in [1.165, 1.54) is 6.07 Å². The van der Waals surface area contributed by atoms with E-state index in [0.717, 1.165) is 27.7 Å². The van der Waals surface area contributed by atoms with E-state index in [0.29, 0.717) is 5.75 Å². The predicted molar refractivity (Wildman–Crippen MR) is 86.8 cm³/mol. The molecule has 1 saturated heterocycles. The number of alkyl halides is 1. The second-order valence-electron chi connectivity index (χ2n) is 5.50. The Balaban J connectivity index is 1.90. The molecule has 0 N–H and O–H groups in total. The zero-order valence-corrected chi connectivity index (χ0v) is 13.4. The molecule has 0 spiro atoms. The van der Waals surface area contributed by atoms with Gasteiger partial charge in [-0.2, -0.15) is 0 Å². The molecule has 1 unspecified atom stereocenters. The van der Waals surface area contributed by atoms with Crippen molar-refractivity contribution < 1.29 is 13.9 Å². The van der Waals surface area contributed by atoms with Crippen molar-refractivity contribution in [2.24, 2.45) is 0 Å². The monoisotopic (exact) mass is 396 g/mol. The summed E-state index contributed by atoms with van der Waals surface area (Å²) in [5, 5.41) is 0. The zero-order valence-electron chi connectivity index (χ0n) is 11.3. The Morgan fingerprint density at radius 1 is 1.10 bits per heavy atom. The molecule has 2 aromatic rings. The molecule has 1 fully saturated rings. The van der Waals surface area contributed by atoms with Gasteiger partial charge in [-0.25, -0.2) is 4.39 Å². The van der Waals surface area contributed by atoms with E-state index in [2.05, 4.69) is 28.7 Å². The first-order valence-electron chi connectivity index (χ1n) is 7.04. The molecule has 0 aliphatic carbocycles. The summed E-state index contributed by atoms with van der Waals surface area (Å²) in [7, 11) is 0. The Hall–Kier alpha value is -1.14. The number of para-hydroxylation sites is 1. The minimum atomic E-state index is -0.247. The third-order valence-corrected chi connectivity index (χ3v) is 5.19. The normalized spacial score (nSPS) is 26.3. The fourth-order valence-electron chi connectivity index (χ4n) is 3.28. The second-order valence-corrected chi connectivity index (χ2v) is 6.38. The summed E-state index contributed by atoms with van der Waals surface area (Å²) < 4.78 is 26.8. The van der Waals surface area contributed by atoms with Crippen molar-refractivity contribution in [3.8, 4) is 11.5 Å². The number of rotatable bonds is 1. The largest absolute Gasteiger partial charge is 0.457 e. The number of hydrogen-bond donors (Lipinski definition) is 0. The van der Waals surface area contributed by atoms with Crippen molar-refractivity contribution in [2.75, 3.05) is 4.43 Å². The van der Waals surface area contributed by atoms with Crippen LogP contribution in [0.2, 0.25) is 0 Å². The summed E-state index contributed by atoms with van der Waals surface area (Å²) in [6.45, 7) is 0. The highest BCUT2D eigenvalue weighted by molar-refractivity contribution is 14.1. The Kier molecular flexibility index (Phi) is 3.38. The summed E-state index contributed by atoms with van der Waals surface area (Å²) in [5.74, 6) is 1.54. The first-order chi connectivity index (χ1) is 10.3. The minimum absolute atomic E-state index is 0.126. The van der Waals surface area contributed by atoms with Crippen LogP contribution in [0.15, 0.2) is 42.5 Å². The van der Waals surface area contributed by atoms with Gasteiger partial charge < -0.3 is 9.47 Å². The summed E-state index contributed by atoms with van der Waals surface area (Å²) in [6.07, 6.45) is 1.03. The summed E-state index contributed by atoms with van der Waals surface area (Å²) >= 11 is 2.35. The van der Waals surface area contributed by atoms with E-state index < -0.39 is 0 Å². The highest BCUT2D eigenvalue weighted by atomic mass is 127. The van der Waals surface area contributed by atoms with Crippen LogP contribution in [-0.4, -0.2) is 10.5 Å². The number of hydrogen-bond acceptors (Lipinski definition) is 2. The van der Waals surface area contributed by atoms with Gasteiger partial charge in [-0.15, -0.1) is 0 Å². The maximum atomic E-state index is 13.7. The first kappa shape index (κ1) is 13.5. The van der Waals surface area contributed by atoms with Gasteiger partial charge in [-0.1, -0.05) is 40.8 Å². The summed E-state index contributed by atoms with van der Waals surface area (Å²) in [6, 6.07) is 12.7. The zero-order chi connectivity index (χ0) is 14.4. The third kappa shape index (κ3) is 2.25. The average molecular weight is 396 g/mol. The van der Waals surface area contributed by atoms with Crippen molar-refractivity contribution in [1.29, 1.82) is 0 Å². The lowest BCUT2D eigenvalue weighted by atomic mass is 9.88. The lowest BCUT2D eigenvalue weighted by molar-refractivity contribution is 0.0547. The standard InChI is InChI=1S/C17H14FIO2/c18-10-5-6-16-14(7-10)17-13(8-11(9-19)20-17)12-3-1-2-4-15(12)21-16/h1-7,11,13,17H,8-9H2/t11?,13-,17+/m1/s1.